The normalized spacial score (nSPS) is 12.6. The van der Waals surface area contributed by atoms with Gasteiger partial charge in [0.15, 0.2) is 0 Å². The maximum Gasteiger partial charge on any atom is 0.501 e. The van der Waals surface area contributed by atoms with Crippen LogP contribution in [0.1, 0.15) is 54.4 Å². The van der Waals surface area contributed by atoms with E-state index in [1.165, 1.54) is 11.1 Å². The van der Waals surface area contributed by atoms with Gasteiger partial charge in [-0.2, -0.15) is 0 Å². The van der Waals surface area contributed by atoms with Crippen molar-refractivity contribution in [1.29, 1.82) is 0 Å². The van der Waals surface area contributed by atoms with Gasteiger partial charge in [-0.25, -0.2) is 0 Å². The van der Waals surface area contributed by atoms with Crippen molar-refractivity contribution in [2.24, 2.45) is 0 Å². The molecule has 0 fully saturated rings. The Hall–Kier alpha value is 1.55. The van der Waals surface area contributed by atoms with Crippen LogP contribution in [0.5, 0.6) is 0 Å². The van der Waals surface area contributed by atoms with Gasteiger partial charge in [0.25, 0.3) is 0 Å². The van der Waals surface area contributed by atoms with E-state index in [0.717, 1.165) is 30.7 Å². The zero-order valence-electron chi connectivity index (χ0n) is 20.0. The fourth-order valence-electron chi connectivity index (χ4n) is 2.82. The van der Waals surface area contributed by atoms with Crippen molar-refractivity contribution in [3.63, 3.8) is 0 Å². The van der Waals surface area contributed by atoms with Gasteiger partial charge in [-0.15, -0.1) is 0 Å². The van der Waals surface area contributed by atoms with E-state index in [2.05, 4.69) is 0 Å². The molecule has 0 spiro atoms. The van der Waals surface area contributed by atoms with Gasteiger partial charge in [0, 0.05) is 67.3 Å². The van der Waals surface area contributed by atoms with Gasteiger partial charge in [0.05, 0.1) is 17.7 Å². The van der Waals surface area contributed by atoms with Crippen LogP contribution in [-0.2, 0) is 30.7 Å². The maximum absolute atomic E-state index is 5.89. The quantitative estimate of drug-likeness (QED) is 0.0570. The van der Waals surface area contributed by atoms with Crippen LogP contribution in [0.3, 0.4) is 0 Å². The average molecular weight is 555 g/mol. The van der Waals surface area contributed by atoms with Crippen LogP contribution in [0.2, 0.25) is 12.1 Å². The Bertz CT molecular complexity index is 336. The van der Waals surface area contributed by atoms with Crippen LogP contribution < -0.4 is 0 Å². The van der Waals surface area contributed by atoms with E-state index < -0.39 is 17.6 Å². The summed E-state index contributed by atoms with van der Waals surface area (Å²) < 4.78 is 40.9. The lowest BCUT2D eigenvalue weighted by atomic mass is 10.5. The molecular weight excluding hydrogens is 513 g/mol. The Balaban J connectivity index is 3.91. The molecule has 188 valence electrons. The van der Waals surface area contributed by atoms with Crippen LogP contribution >= 0.6 is 41.5 Å². The molecule has 0 atom stereocenters. The third kappa shape index (κ3) is 16.0. The van der Waals surface area contributed by atoms with Gasteiger partial charge in [0.2, 0.25) is 0 Å². The molecule has 7 nitrogen and oxygen atoms in total. The minimum Gasteiger partial charge on any atom is -0.374 e. The summed E-state index contributed by atoms with van der Waals surface area (Å²) in [5.41, 5.74) is 0. The SMILES string of the molecule is CCO[Si](CCCOSSSSCCC[Si](OCC)(OCC)OCC)(OCC)OCC. The third-order valence-electron chi connectivity index (χ3n) is 3.76. The molecule has 0 saturated heterocycles. The van der Waals surface area contributed by atoms with E-state index in [0.29, 0.717) is 46.2 Å². The highest BCUT2D eigenvalue weighted by atomic mass is 33.7. The molecule has 0 aliphatic carbocycles. The molecule has 0 rings (SSSR count). The molecule has 0 aliphatic heterocycles. The smallest absolute Gasteiger partial charge is 0.374 e. The second-order valence-corrected chi connectivity index (χ2v) is 17.2. The van der Waals surface area contributed by atoms with Crippen molar-refractivity contribution < 1.29 is 30.7 Å². The van der Waals surface area contributed by atoms with Crippen LogP contribution in [0.4, 0.5) is 0 Å². The van der Waals surface area contributed by atoms with E-state index >= 15 is 0 Å². The molecule has 31 heavy (non-hydrogen) atoms. The summed E-state index contributed by atoms with van der Waals surface area (Å²) in [5.74, 6) is 1.02. The van der Waals surface area contributed by atoms with E-state index in [-0.39, 0.29) is 0 Å². The maximum atomic E-state index is 5.89. The number of hydrogen-bond donors (Lipinski definition) is 0. The standard InChI is InChI=1S/C18H42O7S4Si2/c1-7-20-30(21-8-2,22-9-3)17-13-15-19-27-29-28-26-16-14-18-31(23-10-4,24-11-5)25-12-6/h7-18H2,1-6H3. The molecule has 0 N–H and O–H groups in total. The molecule has 0 saturated carbocycles. The first kappa shape index (κ1) is 32.6. The van der Waals surface area contributed by atoms with Crippen molar-refractivity contribution in [3.8, 4) is 0 Å². The summed E-state index contributed by atoms with van der Waals surface area (Å²) in [7, 11) is 0.129. The highest BCUT2D eigenvalue weighted by Gasteiger charge is 2.40. The minimum atomic E-state index is -2.55. The lowest BCUT2D eigenvalue weighted by molar-refractivity contribution is 0.0695. The van der Waals surface area contributed by atoms with Gasteiger partial charge in [-0.3, -0.25) is 0 Å². The number of rotatable bonds is 24. The molecule has 0 aromatic carbocycles. The van der Waals surface area contributed by atoms with E-state index in [9.17, 15) is 0 Å². The third-order valence-corrected chi connectivity index (χ3v) is 15.8. The van der Waals surface area contributed by atoms with E-state index in [4.69, 9.17) is 30.7 Å². The molecule has 0 unspecified atom stereocenters. The fraction of sp³-hybridized carbons (Fsp3) is 1.00. The second-order valence-electron chi connectivity index (χ2n) is 6.02. The Morgan fingerprint density at radius 1 is 0.548 bits per heavy atom. The summed E-state index contributed by atoms with van der Waals surface area (Å²) >= 11 is 1.42. The molecular formula is C18H42O7S4Si2. The summed E-state index contributed by atoms with van der Waals surface area (Å²) in [6, 6.07) is 1.64. The lowest BCUT2D eigenvalue weighted by Crippen LogP contribution is -2.46. The molecule has 0 aromatic heterocycles. The summed E-state index contributed by atoms with van der Waals surface area (Å²) in [6.07, 6.45) is 1.87. The molecule has 0 amide bonds. The first-order chi connectivity index (χ1) is 15.1. The van der Waals surface area contributed by atoms with Crippen molar-refractivity contribution in [1.82, 2.24) is 0 Å². The Morgan fingerprint density at radius 3 is 1.39 bits per heavy atom. The van der Waals surface area contributed by atoms with Gasteiger partial charge in [0.1, 0.15) is 0 Å². The van der Waals surface area contributed by atoms with E-state index in [1.807, 2.05) is 52.3 Å². The fourth-order valence-corrected chi connectivity index (χ4v) is 13.1. The zero-order valence-corrected chi connectivity index (χ0v) is 25.2. The summed E-state index contributed by atoms with van der Waals surface area (Å²) in [5, 5.41) is 0. The van der Waals surface area contributed by atoms with Crippen LogP contribution in [0, 0.1) is 0 Å². The summed E-state index contributed by atoms with van der Waals surface area (Å²) in [6.45, 7) is 16.2. The van der Waals surface area contributed by atoms with Gasteiger partial charge in [-0.1, -0.05) is 10.8 Å². The van der Waals surface area contributed by atoms with Crippen molar-refractivity contribution in [3.05, 3.63) is 0 Å². The highest BCUT2D eigenvalue weighted by Crippen LogP contribution is 2.44. The first-order valence-corrected chi connectivity index (χ1v) is 19.9. The monoisotopic (exact) mass is 554 g/mol. The second kappa shape index (κ2) is 22.0. The highest BCUT2D eigenvalue weighted by molar-refractivity contribution is 9.25. The Morgan fingerprint density at radius 2 is 0.968 bits per heavy atom. The molecule has 0 heterocycles. The average Bonchev–Trinajstić information content (AvgIpc) is 2.73. The molecule has 0 aliphatic rings. The molecule has 0 radical (unpaired) electrons. The minimum absolute atomic E-state index is 0.606. The van der Waals surface area contributed by atoms with Gasteiger partial charge >= 0.3 is 17.6 Å². The van der Waals surface area contributed by atoms with Gasteiger partial charge < -0.3 is 30.7 Å². The predicted molar refractivity (Wildman–Crippen MR) is 141 cm³/mol. The Labute approximate surface area is 207 Å². The predicted octanol–water partition coefficient (Wildman–Crippen LogP) is 6.47. The summed E-state index contributed by atoms with van der Waals surface area (Å²) in [4.78, 5) is 0. The van der Waals surface area contributed by atoms with Crippen molar-refractivity contribution in [2.45, 2.75) is 66.5 Å². The van der Waals surface area contributed by atoms with Gasteiger partial charge in [-0.05, 0) is 64.2 Å². The van der Waals surface area contributed by atoms with Crippen LogP contribution in [0.15, 0.2) is 0 Å². The molecule has 0 aromatic rings. The number of hydrogen-bond acceptors (Lipinski definition) is 11. The molecule has 0 bridgehead atoms. The zero-order chi connectivity index (χ0) is 23.3. The van der Waals surface area contributed by atoms with Crippen molar-refractivity contribution in [2.75, 3.05) is 52.0 Å². The van der Waals surface area contributed by atoms with Crippen LogP contribution in [0.25, 0.3) is 0 Å². The topological polar surface area (TPSA) is 64.6 Å². The van der Waals surface area contributed by atoms with Crippen molar-refractivity contribution >= 4 is 59.1 Å². The van der Waals surface area contributed by atoms with Crippen LogP contribution in [-0.4, -0.2) is 69.6 Å². The lowest BCUT2D eigenvalue weighted by Gasteiger charge is -2.28. The Kier molecular flexibility index (Phi) is 23.2. The first-order valence-electron chi connectivity index (χ1n) is 11.2. The van der Waals surface area contributed by atoms with E-state index in [1.54, 1.807) is 19.7 Å². The molecule has 13 heteroatoms. The largest absolute Gasteiger partial charge is 0.501 e.